The zero-order valence-electron chi connectivity index (χ0n) is 13.3. The third-order valence-corrected chi connectivity index (χ3v) is 6.35. The van der Waals surface area contributed by atoms with Crippen LogP contribution in [0.2, 0.25) is 0 Å². The third-order valence-electron chi connectivity index (χ3n) is 3.63. The van der Waals surface area contributed by atoms with Gasteiger partial charge in [0.2, 0.25) is 10.0 Å². The molecule has 1 N–H and O–H groups in total. The number of benzene rings is 1. The van der Waals surface area contributed by atoms with Crippen LogP contribution in [0.1, 0.15) is 15.2 Å². The number of carbonyl (C=O) groups is 1. The molecule has 25 heavy (non-hydrogen) atoms. The molecule has 0 aliphatic carbocycles. The van der Waals surface area contributed by atoms with Gasteiger partial charge in [-0.15, -0.1) is 11.3 Å². The predicted octanol–water partition coefficient (Wildman–Crippen LogP) is 1.53. The van der Waals surface area contributed by atoms with E-state index in [1.807, 2.05) is 17.5 Å². The van der Waals surface area contributed by atoms with Gasteiger partial charge < -0.3 is 4.74 Å². The molecule has 0 atom stereocenters. The molecule has 1 aromatic heterocycles. The quantitative estimate of drug-likeness (QED) is 0.630. The van der Waals surface area contributed by atoms with Crippen molar-refractivity contribution in [1.29, 1.82) is 0 Å². The van der Waals surface area contributed by atoms with Gasteiger partial charge in [-0.1, -0.05) is 6.07 Å². The summed E-state index contributed by atoms with van der Waals surface area (Å²) in [5.41, 5.74) is 2.76. The summed E-state index contributed by atoms with van der Waals surface area (Å²) < 4.78 is 31.6. The topological polar surface area (TPSA) is 88.1 Å². The zero-order chi connectivity index (χ0) is 17.7. The Kier molecular flexibility index (Phi) is 5.59. The fraction of sp³-hybridized carbons (Fsp3) is 0.250. The summed E-state index contributed by atoms with van der Waals surface area (Å²) in [4.78, 5) is 13.1. The Hall–Kier alpha value is -2.07. The third kappa shape index (κ3) is 4.31. The number of amides is 1. The first-order valence-corrected chi connectivity index (χ1v) is 9.94. The Labute approximate surface area is 150 Å². The highest BCUT2D eigenvalue weighted by atomic mass is 32.2. The molecular weight excluding hydrogens is 362 g/mol. The molecule has 1 aliphatic rings. The van der Waals surface area contributed by atoms with Gasteiger partial charge in [-0.3, -0.25) is 4.79 Å². The highest BCUT2D eigenvalue weighted by Gasteiger charge is 2.26. The fourth-order valence-electron chi connectivity index (χ4n) is 2.30. The molecule has 3 rings (SSSR count). The molecule has 1 saturated heterocycles. The van der Waals surface area contributed by atoms with Crippen LogP contribution in [-0.4, -0.2) is 51.1 Å². The van der Waals surface area contributed by atoms with Crippen LogP contribution >= 0.6 is 11.3 Å². The van der Waals surface area contributed by atoms with Crippen LogP contribution < -0.4 is 5.43 Å². The lowest BCUT2D eigenvalue weighted by atomic mass is 10.2. The van der Waals surface area contributed by atoms with Crippen LogP contribution in [0.4, 0.5) is 0 Å². The van der Waals surface area contributed by atoms with Gasteiger partial charge in [-0.25, -0.2) is 13.8 Å². The molecule has 9 heteroatoms. The molecule has 2 aromatic rings. The number of nitrogens with zero attached hydrogens (tertiary/aromatic N) is 2. The number of hydrogen-bond acceptors (Lipinski definition) is 6. The van der Waals surface area contributed by atoms with E-state index in [1.54, 1.807) is 6.21 Å². The molecule has 0 radical (unpaired) electrons. The fourth-order valence-corrected chi connectivity index (χ4v) is 4.29. The lowest BCUT2D eigenvalue weighted by Gasteiger charge is -2.26. The number of rotatable bonds is 5. The van der Waals surface area contributed by atoms with Crippen molar-refractivity contribution in [2.45, 2.75) is 4.90 Å². The normalized spacial score (nSPS) is 16.2. The maximum absolute atomic E-state index is 12.5. The van der Waals surface area contributed by atoms with Crippen molar-refractivity contribution in [2.24, 2.45) is 5.10 Å². The van der Waals surface area contributed by atoms with Crippen molar-refractivity contribution in [1.82, 2.24) is 9.73 Å². The van der Waals surface area contributed by atoms with E-state index in [1.165, 1.54) is 39.9 Å². The lowest BCUT2D eigenvalue weighted by molar-refractivity contribution is 0.0730. The first kappa shape index (κ1) is 17.7. The van der Waals surface area contributed by atoms with Crippen molar-refractivity contribution in [3.05, 3.63) is 52.2 Å². The van der Waals surface area contributed by atoms with E-state index >= 15 is 0 Å². The average molecular weight is 379 g/mol. The molecule has 1 aliphatic heterocycles. The summed E-state index contributed by atoms with van der Waals surface area (Å²) in [6.45, 7) is 1.45. The van der Waals surface area contributed by atoms with Crippen molar-refractivity contribution in [2.75, 3.05) is 26.3 Å². The Bertz CT molecular complexity index is 840. The van der Waals surface area contributed by atoms with Crippen molar-refractivity contribution >= 4 is 33.5 Å². The van der Waals surface area contributed by atoms with E-state index in [2.05, 4.69) is 10.5 Å². The van der Waals surface area contributed by atoms with E-state index in [0.29, 0.717) is 31.9 Å². The van der Waals surface area contributed by atoms with Crippen molar-refractivity contribution in [3.63, 3.8) is 0 Å². The molecule has 0 unspecified atom stereocenters. The van der Waals surface area contributed by atoms with E-state index in [4.69, 9.17) is 4.74 Å². The van der Waals surface area contributed by atoms with Gasteiger partial charge in [0.15, 0.2) is 0 Å². The number of sulfonamides is 1. The first-order chi connectivity index (χ1) is 12.1. The van der Waals surface area contributed by atoms with Crippen LogP contribution in [0.5, 0.6) is 0 Å². The van der Waals surface area contributed by atoms with E-state index < -0.39 is 15.9 Å². The number of hydrogen-bond donors (Lipinski definition) is 1. The molecule has 132 valence electrons. The van der Waals surface area contributed by atoms with Gasteiger partial charge in [-0.05, 0) is 35.7 Å². The van der Waals surface area contributed by atoms with Gasteiger partial charge in [0.25, 0.3) is 5.91 Å². The summed E-state index contributed by atoms with van der Waals surface area (Å²) in [7, 11) is -3.56. The average Bonchev–Trinajstić information content (AvgIpc) is 3.16. The first-order valence-electron chi connectivity index (χ1n) is 7.62. The maximum Gasteiger partial charge on any atom is 0.271 e. The molecule has 0 spiro atoms. The Morgan fingerprint density at radius 1 is 1.20 bits per heavy atom. The van der Waals surface area contributed by atoms with Gasteiger partial charge in [0.05, 0.1) is 24.3 Å². The number of carbonyl (C=O) groups excluding carboxylic acids is 1. The van der Waals surface area contributed by atoms with E-state index in [-0.39, 0.29) is 4.90 Å². The summed E-state index contributed by atoms with van der Waals surface area (Å²) in [5, 5.41) is 5.79. The second kappa shape index (κ2) is 7.87. The highest BCUT2D eigenvalue weighted by molar-refractivity contribution is 7.89. The Balaban J connectivity index is 1.66. The molecule has 1 amide bonds. The molecule has 0 saturated carbocycles. The summed E-state index contributed by atoms with van der Waals surface area (Å²) in [5.74, 6) is -0.400. The highest BCUT2D eigenvalue weighted by Crippen LogP contribution is 2.17. The van der Waals surface area contributed by atoms with E-state index in [9.17, 15) is 13.2 Å². The monoisotopic (exact) mass is 379 g/mol. The minimum Gasteiger partial charge on any atom is -0.379 e. The summed E-state index contributed by atoms with van der Waals surface area (Å²) >= 11 is 1.51. The predicted molar refractivity (Wildman–Crippen MR) is 95.4 cm³/mol. The minimum atomic E-state index is -3.56. The van der Waals surface area contributed by atoms with E-state index in [0.717, 1.165) is 4.88 Å². The van der Waals surface area contributed by atoms with Crippen molar-refractivity contribution in [3.8, 4) is 0 Å². The second-order valence-electron chi connectivity index (χ2n) is 5.26. The molecular formula is C16H17N3O4S2. The van der Waals surface area contributed by atoms with Gasteiger partial charge in [0, 0.05) is 23.5 Å². The molecule has 1 aromatic carbocycles. The van der Waals surface area contributed by atoms with Gasteiger partial charge >= 0.3 is 0 Å². The Morgan fingerprint density at radius 3 is 2.56 bits per heavy atom. The van der Waals surface area contributed by atoms with Crippen LogP contribution in [0, 0.1) is 0 Å². The smallest absolute Gasteiger partial charge is 0.271 e. The molecule has 7 nitrogen and oxygen atoms in total. The number of hydrazone groups is 1. The number of thiophene rings is 1. The number of morpholine rings is 1. The molecule has 1 fully saturated rings. The van der Waals surface area contributed by atoms with Crippen LogP contribution in [0.15, 0.2) is 51.8 Å². The largest absolute Gasteiger partial charge is 0.379 e. The minimum absolute atomic E-state index is 0.160. The number of nitrogens with one attached hydrogen (secondary N) is 1. The van der Waals surface area contributed by atoms with Gasteiger partial charge in [-0.2, -0.15) is 9.41 Å². The zero-order valence-corrected chi connectivity index (χ0v) is 14.9. The number of ether oxygens (including phenoxy) is 1. The Morgan fingerprint density at radius 2 is 1.92 bits per heavy atom. The van der Waals surface area contributed by atoms with Crippen LogP contribution in [0.25, 0.3) is 0 Å². The standard InChI is InChI=1S/C16H17N3O4S2/c20-16(18-17-12-14-2-1-11-24-14)13-3-5-15(6-4-13)25(21,22)19-7-9-23-10-8-19/h1-6,11-12H,7-10H2,(H,18,20)/b17-12-. The van der Waals surface area contributed by atoms with Crippen LogP contribution in [0.3, 0.4) is 0 Å². The summed E-state index contributed by atoms with van der Waals surface area (Å²) in [6.07, 6.45) is 1.56. The lowest BCUT2D eigenvalue weighted by Crippen LogP contribution is -2.40. The van der Waals surface area contributed by atoms with Crippen LogP contribution in [-0.2, 0) is 14.8 Å². The second-order valence-corrected chi connectivity index (χ2v) is 8.17. The van der Waals surface area contributed by atoms with Crippen molar-refractivity contribution < 1.29 is 17.9 Å². The molecule has 0 bridgehead atoms. The van der Waals surface area contributed by atoms with Gasteiger partial charge in [0.1, 0.15) is 0 Å². The maximum atomic E-state index is 12.5. The molecule has 2 heterocycles. The summed E-state index contributed by atoms with van der Waals surface area (Å²) in [6, 6.07) is 9.59. The SMILES string of the molecule is O=C(N/N=C\c1cccs1)c1ccc(S(=O)(=O)N2CCOCC2)cc1.